The minimum atomic E-state index is -3.93. The minimum absolute atomic E-state index is 0.0815. The molecule has 1 fully saturated rings. The van der Waals surface area contributed by atoms with Crippen molar-refractivity contribution in [3.05, 3.63) is 59.0 Å². The average Bonchev–Trinajstić information content (AvgIpc) is 3.07. The van der Waals surface area contributed by atoms with Crippen molar-refractivity contribution in [1.29, 1.82) is 0 Å². The van der Waals surface area contributed by atoms with Crippen LogP contribution in [0.25, 0.3) is 6.08 Å². The van der Waals surface area contributed by atoms with Gasteiger partial charge in [0.15, 0.2) is 16.7 Å². The van der Waals surface area contributed by atoms with E-state index in [1.807, 2.05) is 12.1 Å². The molecule has 2 aromatic carbocycles. The van der Waals surface area contributed by atoms with E-state index in [9.17, 15) is 13.2 Å². The van der Waals surface area contributed by atoms with Crippen LogP contribution >= 0.6 is 11.8 Å². The molecule has 3 rings (SSSR count). The van der Waals surface area contributed by atoms with Crippen molar-refractivity contribution in [1.82, 2.24) is 4.90 Å². The van der Waals surface area contributed by atoms with Crippen LogP contribution < -0.4 is 9.47 Å². The number of rotatable bonds is 9. The standard InChI is InChI=1S/C23H26N2O5S2/c1-4-6-14-30-20-15-17(12-13-19(20)29-3)16-21-22(26)25(5-2)23(31-21)24-32(27,28)18-10-8-7-9-11-18/h7-13,15-16H,4-6,14H2,1-3H3. The number of hydrogen-bond acceptors (Lipinski definition) is 6. The monoisotopic (exact) mass is 474 g/mol. The van der Waals surface area contributed by atoms with Crippen LogP contribution in [0.4, 0.5) is 0 Å². The molecule has 1 aliphatic rings. The van der Waals surface area contributed by atoms with E-state index in [0.717, 1.165) is 30.2 Å². The van der Waals surface area contributed by atoms with E-state index in [-0.39, 0.29) is 16.0 Å². The van der Waals surface area contributed by atoms with Crippen LogP contribution in [0.2, 0.25) is 0 Å². The Bertz CT molecular complexity index is 1130. The first-order valence-electron chi connectivity index (χ1n) is 10.3. The molecule has 0 radical (unpaired) electrons. The lowest BCUT2D eigenvalue weighted by Gasteiger charge is -2.12. The summed E-state index contributed by atoms with van der Waals surface area (Å²) in [7, 11) is -2.35. The summed E-state index contributed by atoms with van der Waals surface area (Å²) in [6, 6.07) is 13.4. The molecule has 1 aliphatic heterocycles. The Labute approximate surface area is 193 Å². The molecule has 0 spiro atoms. The van der Waals surface area contributed by atoms with E-state index >= 15 is 0 Å². The molecule has 170 valence electrons. The van der Waals surface area contributed by atoms with Crippen molar-refractivity contribution in [3.8, 4) is 11.5 Å². The second-order valence-electron chi connectivity index (χ2n) is 6.93. The van der Waals surface area contributed by atoms with Crippen LogP contribution in [0.1, 0.15) is 32.3 Å². The molecule has 1 amide bonds. The number of sulfonamides is 1. The highest BCUT2D eigenvalue weighted by atomic mass is 32.2. The van der Waals surface area contributed by atoms with Gasteiger partial charge in [-0.15, -0.1) is 4.40 Å². The predicted octanol–water partition coefficient (Wildman–Crippen LogP) is 4.56. The zero-order valence-electron chi connectivity index (χ0n) is 18.3. The van der Waals surface area contributed by atoms with E-state index in [4.69, 9.17) is 9.47 Å². The van der Waals surface area contributed by atoms with Crippen molar-refractivity contribution >= 4 is 38.9 Å². The smallest absolute Gasteiger partial charge is 0.284 e. The molecule has 0 aromatic heterocycles. The van der Waals surface area contributed by atoms with E-state index in [1.54, 1.807) is 44.4 Å². The fraction of sp³-hybridized carbons (Fsp3) is 0.304. The summed E-state index contributed by atoms with van der Waals surface area (Å²) in [6.45, 7) is 4.73. The maximum Gasteiger partial charge on any atom is 0.284 e. The first-order valence-corrected chi connectivity index (χ1v) is 12.6. The van der Waals surface area contributed by atoms with Crippen molar-refractivity contribution in [2.24, 2.45) is 4.40 Å². The van der Waals surface area contributed by atoms with Gasteiger partial charge in [-0.05, 0) is 61.0 Å². The molecule has 2 aromatic rings. The van der Waals surface area contributed by atoms with Crippen molar-refractivity contribution in [3.63, 3.8) is 0 Å². The fourth-order valence-corrected chi connectivity index (χ4v) is 5.24. The highest BCUT2D eigenvalue weighted by Gasteiger charge is 2.34. The van der Waals surface area contributed by atoms with Crippen molar-refractivity contribution in [2.75, 3.05) is 20.3 Å². The molecule has 9 heteroatoms. The summed E-state index contributed by atoms with van der Waals surface area (Å²) in [4.78, 5) is 14.7. The van der Waals surface area contributed by atoms with E-state index in [1.165, 1.54) is 17.0 Å². The molecule has 0 unspecified atom stereocenters. The largest absolute Gasteiger partial charge is 0.493 e. The number of thioether (sulfide) groups is 1. The predicted molar refractivity (Wildman–Crippen MR) is 127 cm³/mol. The van der Waals surface area contributed by atoms with Gasteiger partial charge in [-0.25, -0.2) is 0 Å². The third-order valence-electron chi connectivity index (χ3n) is 4.68. The average molecular weight is 475 g/mol. The molecule has 1 heterocycles. The summed E-state index contributed by atoms with van der Waals surface area (Å²) in [5.74, 6) is 0.919. The Morgan fingerprint density at radius 1 is 1.09 bits per heavy atom. The summed E-state index contributed by atoms with van der Waals surface area (Å²) in [5.41, 5.74) is 0.747. The Balaban J connectivity index is 1.91. The highest BCUT2D eigenvalue weighted by molar-refractivity contribution is 8.19. The highest BCUT2D eigenvalue weighted by Crippen LogP contribution is 2.35. The molecular weight excluding hydrogens is 448 g/mol. The van der Waals surface area contributed by atoms with Gasteiger partial charge < -0.3 is 9.47 Å². The molecule has 7 nitrogen and oxygen atoms in total. The number of methoxy groups -OCH3 is 1. The summed E-state index contributed by atoms with van der Waals surface area (Å²) in [6.07, 6.45) is 3.64. The topological polar surface area (TPSA) is 85.3 Å². The Hall–Kier alpha value is -2.78. The van der Waals surface area contributed by atoms with Crippen molar-refractivity contribution < 1.29 is 22.7 Å². The summed E-state index contributed by atoms with van der Waals surface area (Å²) < 4.78 is 40.5. The zero-order valence-corrected chi connectivity index (χ0v) is 19.9. The second-order valence-corrected chi connectivity index (χ2v) is 9.55. The molecule has 0 N–H and O–H groups in total. The fourth-order valence-electron chi connectivity index (χ4n) is 2.98. The van der Waals surface area contributed by atoms with Gasteiger partial charge in [-0.3, -0.25) is 9.69 Å². The van der Waals surface area contributed by atoms with Gasteiger partial charge >= 0.3 is 0 Å². The maximum atomic E-state index is 12.9. The number of carbonyl (C=O) groups excluding carboxylic acids is 1. The van der Waals surface area contributed by atoms with Crippen LogP contribution in [0.5, 0.6) is 11.5 Å². The number of likely N-dealkylation sites (N-methyl/N-ethyl adjacent to an activating group) is 1. The van der Waals surface area contributed by atoms with Gasteiger partial charge in [0, 0.05) is 6.54 Å². The van der Waals surface area contributed by atoms with Gasteiger partial charge in [-0.1, -0.05) is 37.6 Å². The molecule has 32 heavy (non-hydrogen) atoms. The van der Waals surface area contributed by atoms with E-state index < -0.39 is 10.0 Å². The molecule has 0 bridgehead atoms. The minimum Gasteiger partial charge on any atom is -0.493 e. The number of hydrogen-bond donors (Lipinski definition) is 0. The van der Waals surface area contributed by atoms with Gasteiger partial charge in [0.05, 0.1) is 23.5 Å². The van der Waals surface area contributed by atoms with Gasteiger partial charge in [0.1, 0.15) is 0 Å². The number of carbonyl (C=O) groups is 1. The number of amides is 1. The Morgan fingerprint density at radius 3 is 2.50 bits per heavy atom. The summed E-state index contributed by atoms with van der Waals surface area (Å²) >= 11 is 1.04. The number of amidine groups is 1. The SMILES string of the molecule is CCCCOc1cc(C=C2SC(=NS(=O)(=O)c3ccccc3)N(CC)C2=O)ccc1OC. The number of ether oxygens (including phenoxy) is 2. The van der Waals surface area contributed by atoms with Crippen LogP contribution in [0.3, 0.4) is 0 Å². The van der Waals surface area contributed by atoms with Crippen LogP contribution in [-0.2, 0) is 14.8 Å². The van der Waals surface area contributed by atoms with Crippen LogP contribution in [-0.4, -0.2) is 44.7 Å². The third-order valence-corrected chi connectivity index (χ3v) is 7.09. The Kier molecular flexibility index (Phi) is 7.98. The number of unbranched alkanes of at least 4 members (excludes halogenated alkanes) is 1. The molecular formula is C23H26N2O5S2. The zero-order chi connectivity index (χ0) is 23.1. The number of nitrogens with zero attached hydrogens (tertiary/aromatic N) is 2. The number of benzene rings is 2. The quantitative estimate of drug-likeness (QED) is 0.391. The summed E-state index contributed by atoms with van der Waals surface area (Å²) in [5, 5.41) is 0.139. The molecule has 0 atom stereocenters. The normalized spacial score (nSPS) is 16.7. The first kappa shape index (κ1) is 23.9. The van der Waals surface area contributed by atoms with Crippen LogP contribution in [0, 0.1) is 0 Å². The lowest BCUT2D eigenvalue weighted by Crippen LogP contribution is -2.29. The van der Waals surface area contributed by atoms with E-state index in [0.29, 0.717) is 29.6 Å². The van der Waals surface area contributed by atoms with Crippen molar-refractivity contribution in [2.45, 2.75) is 31.6 Å². The van der Waals surface area contributed by atoms with Crippen LogP contribution in [0.15, 0.2) is 62.7 Å². The second kappa shape index (κ2) is 10.7. The molecule has 0 saturated carbocycles. The van der Waals surface area contributed by atoms with E-state index in [2.05, 4.69) is 11.3 Å². The first-order chi connectivity index (χ1) is 15.4. The Morgan fingerprint density at radius 2 is 1.84 bits per heavy atom. The lowest BCUT2D eigenvalue weighted by atomic mass is 10.2. The molecule has 1 saturated heterocycles. The third kappa shape index (κ3) is 5.52. The van der Waals surface area contributed by atoms with Gasteiger partial charge in [0.25, 0.3) is 15.9 Å². The van der Waals surface area contributed by atoms with Gasteiger partial charge in [0.2, 0.25) is 0 Å². The molecule has 0 aliphatic carbocycles. The lowest BCUT2D eigenvalue weighted by molar-refractivity contribution is -0.122. The maximum absolute atomic E-state index is 12.9. The van der Waals surface area contributed by atoms with Gasteiger partial charge in [-0.2, -0.15) is 8.42 Å².